The highest BCUT2D eigenvalue weighted by molar-refractivity contribution is 7.89. The number of carboxylic acid groups (broad SMARTS) is 1. The van der Waals surface area contributed by atoms with Crippen LogP contribution < -0.4 is 0 Å². The number of hydrogen-bond donors (Lipinski definition) is 1. The van der Waals surface area contributed by atoms with Gasteiger partial charge in [0.2, 0.25) is 10.0 Å². The molecule has 122 valence electrons. The van der Waals surface area contributed by atoms with Crippen molar-refractivity contribution in [1.29, 1.82) is 0 Å². The first-order valence-electron chi connectivity index (χ1n) is 6.68. The van der Waals surface area contributed by atoms with Gasteiger partial charge in [-0.2, -0.15) is 4.31 Å². The van der Waals surface area contributed by atoms with Crippen molar-refractivity contribution in [3.8, 4) is 0 Å². The predicted molar refractivity (Wildman–Crippen MR) is 79.5 cm³/mol. The zero-order valence-electron chi connectivity index (χ0n) is 12.2. The second kappa shape index (κ2) is 6.35. The Morgan fingerprint density at radius 3 is 2.73 bits per heavy atom. The quantitative estimate of drug-likeness (QED) is 0.825. The molecular formula is C13H17NO6S2. The molecule has 0 spiro atoms. The minimum atomic E-state index is -3.92. The number of methoxy groups -OCH3 is 1. The second-order valence-electron chi connectivity index (χ2n) is 5.11. The van der Waals surface area contributed by atoms with Crippen LogP contribution in [0.3, 0.4) is 0 Å². The van der Waals surface area contributed by atoms with Crippen LogP contribution in [-0.2, 0) is 19.6 Å². The van der Waals surface area contributed by atoms with Crippen LogP contribution in [0.4, 0.5) is 0 Å². The summed E-state index contributed by atoms with van der Waals surface area (Å²) in [6.07, 6.45) is 0.931. The first kappa shape index (κ1) is 16.9. The Balaban J connectivity index is 2.41. The van der Waals surface area contributed by atoms with Gasteiger partial charge in [-0.3, -0.25) is 4.79 Å². The number of aryl methyl sites for hydroxylation is 1. The van der Waals surface area contributed by atoms with E-state index in [-0.39, 0.29) is 22.9 Å². The molecule has 1 unspecified atom stereocenters. The summed E-state index contributed by atoms with van der Waals surface area (Å²) in [5.74, 6) is -2.43. The van der Waals surface area contributed by atoms with Gasteiger partial charge in [0.1, 0.15) is 9.77 Å². The molecule has 0 amide bonds. The molecule has 0 aromatic carbocycles. The van der Waals surface area contributed by atoms with Gasteiger partial charge < -0.3 is 9.84 Å². The summed E-state index contributed by atoms with van der Waals surface area (Å²) in [5, 5.41) is 10.7. The van der Waals surface area contributed by atoms with Crippen molar-refractivity contribution >= 4 is 33.3 Å². The largest absolute Gasteiger partial charge is 0.481 e. The Morgan fingerprint density at radius 2 is 2.14 bits per heavy atom. The number of carboxylic acids is 1. The summed E-state index contributed by atoms with van der Waals surface area (Å²) in [7, 11) is -2.73. The molecule has 1 N–H and O–H groups in total. The summed E-state index contributed by atoms with van der Waals surface area (Å²) in [4.78, 5) is 22.8. The summed E-state index contributed by atoms with van der Waals surface area (Å²) in [6.45, 7) is 1.78. The SMILES string of the molecule is COC(=O)c1scc(C)c1S(=O)(=O)N1CCCC(C(=O)O)C1. The van der Waals surface area contributed by atoms with Crippen molar-refractivity contribution in [3.63, 3.8) is 0 Å². The zero-order chi connectivity index (χ0) is 16.5. The maximum Gasteiger partial charge on any atom is 0.349 e. The minimum absolute atomic E-state index is 0.0254. The van der Waals surface area contributed by atoms with Crippen molar-refractivity contribution < 1.29 is 27.9 Å². The lowest BCUT2D eigenvalue weighted by Crippen LogP contribution is -2.42. The van der Waals surface area contributed by atoms with Crippen molar-refractivity contribution in [2.75, 3.05) is 20.2 Å². The van der Waals surface area contributed by atoms with Gasteiger partial charge in [0.05, 0.1) is 13.0 Å². The minimum Gasteiger partial charge on any atom is -0.481 e. The average molecular weight is 347 g/mol. The highest BCUT2D eigenvalue weighted by atomic mass is 32.2. The van der Waals surface area contributed by atoms with E-state index in [4.69, 9.17) is 5.11 Å². The fourth-order valence-corrected chi connectivity index (χ4v) is 5.66. The van der Waals surface area contributed by atoms with Gasteiger partial charge in [0.25, 0.3) is 0 Å². The Morgan fingerprint density at radius 1 is 1.45 bits per heavy atom. The molecule has 9 heteroatoms. The number of rotatable bonds is 4. The maximum atomic E-state index is 12.8. The molecule has 2 heterocycles. The lowest BCUT2D eigenvalue weighted by Gasteiger charge is -2.30. The fraction of sp³-hybridized carbons (Fsp3) is 0.538. The van der Waals surface area contributed by atoms with Gasteiger partial charge in [-0.25, -0.2) is 13.2 Å². The van der Waals surface area contributed by atoms with Crippen molar-refractivity contribution in [1.82, 2.24) is 4.31 Å². The van der Waals surface area contributed by atoms with E-state index in [0.717, 1.165) is 15.6 Å². The topological polar surface area (TPSA) is 101 Å². The summed E-state index contributed by atoms with van der Waals surface area (Å²) < 4.78 is 31.4. The average Bonchev–Trinajstić information content (AvgIpc) is 2.89. The van der Waals surface area contributed by atoms with Crippen LogP contribution in [0.25, 0.3) is 0 Å². The van der Waals surface area contributed by atoms with Crippen LogP contribution in [0.15, 0.2) is 10.3 Å². The molecule has 1 saturated heterocycles. The summed E-state index contributed by atoms with van der Waals surface area (Å²) in [6, 6.07) is 0. The summed E-state index contributed by atoms with van der Waals surface area (Å²) in [5.41, 5.74) is 0.461. The zero-order valence-corrected chi connectivity index (χ0v) is 13.9. The standard InChI is InChI=1S/C13H17NO6S2/c1-8-7-21-10(13(17)20-2)11(8)22(18,19)14-5-3-4-9(6-14)12(15)16/h7,9H,3-6H2,1-2H3,(H,15,16). The number of carbonyl (C=O) groups is 2. The van der Waals surface area contributed by atoms with Gasteiger partial charge >= 0.3 is 11.9 Å². The van der Waals surface area contributed by atoms with Gasteiger partial charge in [-0.05, 0) is 30.7 Å². The van der Waals surface area contributed by atoms with Crippen molar-refractivity contribution in [3.05, 3.63) is 15.8 Å². The molecule has 1 fully saturated rings. The van der Waals surface area contributed by atoms with Gasteiger partial charge in [-0.15, -0.1) is 11.3 Å². The Bertz CT molecular complexity index is 693. The second-order valence-corrected chi connectivity index (χ2v) is 7.86. The van der Waals surface area contributed by atoms with Crippen LogP contribution in [0, 0.1) is 12.8 Å². The fourth-order valence-electron chi connectivity index (χ4n) is 2.48. The van der Waals surface area contributed by atoms with E-state index in [1.165, 1.54) is 7.11 Å². The summed E-state index contributed by atoms with van der Waals surface area (Å²) >= 11 is 1.01. The van der Waals surface area contributed by atoms with E-state index < -0.39 is 27.9 Å². The van der Waals surface area contributed by atoms with Gasteiger partial charge in [0, 0.05) is 13.1 Å². The highest BCUT2D eigenvalue weighted by Crippen LogP contribution is 2.32. The molecule has 0 radical (unpaired) electrons. The molecule has 7 nitrogen and oxygen atoms in total. The van der Waals surface area contributed by atoms with Crippen LogP contribution >= 0.6 is 11.3 Å². The number of carbonyl (C=O) groups excluding carboxylic acids is 1. The number of piperidine rings is 1. The van der Waals surface area contributed by atoms with Crippen molar-refractivity contribution in [2.24, 2.45) is 5.92 Å². The lowest BCUT2D eigenvalue weighted by atomic mass is 10.0. The van der Waals surface area contributed by atoms with E-state index in [2.05, 4.69) is 4.74 Å². The maximum absolute atomic E-state index is 12.8. The molecule has 1 aromatic rings. The van der Waals surface area contributed by atoms with E-state index in [9.17, 15) is 18.0 Å². The first-order chi connectivity index (χ1) is 10.3. The van der Waals surface area contributed by atoms with E-state index in [1.54, 1.807) is 12.3 Å². The normalized spacial score (nSPS) is 19.8. The van der Waals surface area contributed by atoms with Gasteiger partial charge in [-0.1, -0.05) is 0 Å². The van der Waals surface area contributed by atoms with E-state index >= 15 is 0 Å². The third-order valence-corrected chi connectivity index (χ3v) is 6.88. The molecule has 1 aliphatic rings. The molecule has 0 aliphatic carbocycles. The first-order valence-corrected chi connectivity index (χ1v) is 9.00. The lowest BCUT2D eigenvalue weighted by molar-refractivity contribution is -0.142. The third-order valence-electron chi connectivity index (χ3n) is 3.62. The van der Waals surface area contributed by atoms with E-state index in [1.807, 2.05) is 0 Å². The van der Waals surface area contributed by atoms with E-state index in [0.29, 0.717) is 18.4 Å². The number of sulfonamides is 1. The van der Waals surface area contributed by atoms with Crippen LogP contribution in [0.5, 0.6) is 0 Å². The Labute approximate surface area is 132 Å². The molecule has 22 heavy (non-hydrogen) atoms. The molecule has 1 aliphatic heterocycles. The van der Waals surface area contributed by atoms with Crippen LogP contribution in [-0.4, -0.2) is 50.0 Å². The molecule has 1 atom stereocenters. The highest BCUT2D eigenvalue weighted by Gasteiger charge is 2.37. The molecule has 0 saturated carbocycles. The number of esters is 1. The van der Waals surface area contributed by atoms with Gasteiger partial charge in [0.15, 0.2) is 0 Å². The number of hydrogen-bond acceptors (Lipinski definition) is 6. The predicted octanol–water partition coefficient (Wildman–Crippen LogP) is 1.33. The molecule has 0 bridgehead atoms. The third kappa shape index (κ3) is 3.01. The van der Waals surface area contributed by atoms with Crippen LogP contribution in [0.1, 0.15) is 28.1 Å². The number of ether oxygens (including phenoxy) is 1. The number of nitrogens with zero attached hydrogens (tertiary/aromatic N) is 1. The van der Waals surface area contributed by atoms with Crippen molar-refractivity contribution in [2.45, 2.75) is 24.7 Å². The number of thiophene rings is 1. The smallest absolute Gasteiger partial charge is 0.349 e. The molecule has 1 aromatic heterocycles. The monoisotopic (exact) mass is 347 g/mol. The molecule has 2 rings (SSSR count). The molecular weight excluding hydrogens is 330 g/mol. The van der Waals surface area contributed by atoms with Crippen LogP contribution in [0.2, 0.25) is 0 Å². The Hall–Kier alpha value is -1.45. The Kier molecular flexibility index (Phi) is 4.88. The number of aliphatic carboxylic acids is 1.